The standard InChI is InChI=1S/C23H27F2NO3/c1-22(2,3)16-6-8-17(9-7-16)23(11-12-23)20(27)26-14-15-5-10-18(29-21(24)25)19(13-15)28-4/h5-10,13,21H,11-12,14H2,1-4H3,(H,26,27). The quantitative estimate of drug-likeness (QED) is 0.712. The lowest BCUT2D eigenvalue weighted by atomic mass is 9.85. The molecular formula is C23H27F2NO3. The minimum Gasteiger partial charge on any atom is -0.493 e. The first kappa shape index (κ1) is 21.1. The highest BCUT2D eigenvalue weighted by Gasteiger charge is 2.51. The number of alkyl halides is 2. The van der Waals surface area contributed by atoms with Crippen LogP contribution in [0.5, 0.6) is 11.5 Å². The first-order chi connectivity index (χ1) is 13.7. The van der Waals surface area contributed by atoms with E-state index in [4.69, 9.17) is 4.74 Å². The average Bonchev–Trinajstić information content (AvgIpc) is 3.48. The van der Waals surface area contributed by atoms with Gasteiger partial charge in [-0.3, -0.25) is 4.79 Å². The van der Waals surface area contributed by atoms with Crippen LogP contribution < -0.4 is 14.8 Å². The van der Waals surface area contributed by atoms with Gasteiger partial charge in [0.05, 0.1) is 12.5 Å². The number of amides is 1. The van der Waals surface area contributed by atoms with Gasteiger partial charge in [0.2, 0.25) is 5.91 Å². The number of ether oxygens (including phenoxy) is 2. The second-order valence-electron chi connectivity index (χ2n) is 8.46. The SMILES string of the molecule is COc1cc(CNC(=O)C2(c3ccc(C(C)(C)C)cc3)CC2)ccc1OC(F)F. The summed E-state index contributed by atoms with van der Waals surface area (Å²) < 4.78 is 34.4. The van der Waals surface area contributed by atoms with Gasteiger partial charge in [0.25, 0.3) is 0 Å². The Morgan fingerprint density at radius 3 is 2.28 bits per heavy atom. The smallest absolute Gasteiger partial charge is 0.387 e. The molecule has 0 bridgehead atoms. The van der Waals surface area contributed by atoms with E-state index in [1.165, 1.54) is 18.7 Å². The molecule has 2 aromatic carbocycles. The van der Waals surface area contributed by atoms with Crippen molar-refractivity contribution >= 4 is 5.91 Å². The average molecular weight is 403 g/mol. The van der Waals surface area contributed by atoms with E-state index in [1.54, 1.807) is 12.1 Å². The summed E-state index contributed by atoms with van der Waals surface area (Å²) in [5.74, 6) is 0.152. The maximum atomic E-state index is 12.9. The number of carbonyl (C=O) groups is 1. The van der Waals surface area contributed by atoms with Gasteiger partial charge in [0.1, 0.15) is 0 Å². The number of nitrogens with one attached hydrogen (secondary N) is 1. The van der Waals surface area contributed by atoms with Gasteiger partial charge in [0, 0.05) is 6.54 Å². The molecule has 0 radical (unpaired) electrons. The van der Waals surface area contributed by atoms with E-state index in [0.29, 0.717) is 0 Å². The van der Waals surface area contributed by atoms with Crippen molar-refractivity contribution in [2.75, 3.05) is 7.11 Å². The van der Waals surface area contributed by atoms with Crippen LogP contribution in [0.15, 0.2) is 42.5 Å². The van der Waals surface area contributed by atoms with Crippen molar-refractivity contribution < 1.29 is 23.0 Å². The van der Waals surface area contributed by atoms with Gasteiger partial charge in [0.15, 0.2) is 11.5 Å². The van der Waals surface area contributed by atoms with Gasteiger partial charge in [-0.2, -0.15) is 8.78 Å². The number of benzene rings is 2. The maximum Gasteiger partial charge on any atom is 0.387 e. The lowest BCUT2D eigenvalue weighted by Gasteiger charge is -2.21. The Balaban J connectivity index is 1.67. The molecule has 29 heavy (non-hydrogen) atoms. The fraction of sp³-hybridized carbons (Fsp3) is 0.435. The highest BCUT2D eigenvalue weighted by molar-refractivity contribution is 5.91. The fourth-order valence-corrected chi connectivity index (χ4v) is 3.43. The Hall–Kier alpha value is -2.63. The van der Waals surface area contributed by atoms with E-state index in [0.717, 1.165) is 24.0 Å². The van der Waals surface area contributed by atoms with Crippen molar-refractivity contribution in [1.29, 1.82) is 0 Å². The molecule has 0 aliphatic heterocycles. The van der Waals surface area contributed by atoms with Gasteiger partial charge in [-0.1, -0.05) is 51.1 Å². The molecule has 4 nitrogen and oxygen atoms in total. The topological polar surface area (TPSA) is 47.6 Å². The summed E-state index contributed by atoms with van der Waals surface area (Å²) in [6.07, 6.45) is 1.64. The van der Waals surface area contributed by atoms with Crippen LogP contribution >= 0.6 is 0 Å². The van der Waals surface area contributed by atoms with Crippen LogP contribution in [0.1, 0.15) is 50.3 Å². The van der Waals surface area contributed by atoms with Gasteiger partial charge in [-0.15, -0.1) is 0 Å². The van der Waals surface area contributed by atoms with Crippen molar-refractivity contribution in [2.24, 2.45) is 0 Å². The van der Waals surface area contributed by atoms with Crippen molar-refractivity contribution in [1.82, 2.24) is 5.32 Å². The van der Waals surface area contributed by atoms with Crippen LogP contribution in [0.3, 0.4) is 0 Å². The van der Waals surface area contributed by atoms with E-state index in [-0.39, 0.29) is 29.4 Å². The molecule has 0 saturated heterocycles. The molecule has 156 valence electrons. The predicted octanol–water partition coefficient (Wildman–Crippen LogP) is 4.94. The molecule has 3 rings (SSSR count). The normalized spacial score (nSPS) is 15.1. The van der Waals surface area contributed by atoms with Crippen molar-refractivity contribution in [3.05, 3.63) is 59.2 Å². The minimum absolute atomic E-state index is 0.0205. The molecule has 0 aromatic heterocycles. The summed E-state index contributed by atoms with van der Waals surface area (Å²) in [4.78, 5) is 12.9. The molecule has 0 spiro atoms. The van der Waals surface area contributed by atoms with Crippen LogP contribution in [0.25, 0.3) is 0 Å². The summed E-state index contributed by atoms with van der Waals surface area (Å²) in [7, 11) is 1.39. The highest BCUT2D eigenvalue weighted by atomic mass is 19.3. The zero-order chi connectivity index (χ0) is 21.2. The molecule has 0 heterocycles. The van der Waals surface area contributed by atoms with Crippen molar-refractivity contribution in [2.45, 2.75) is 57.6 Å². The Kier molecular flexibility index (Phi) is 5.82. The molecule has 1 N–H and O–H groups in total. The van der Waals surface area contributed by atoms with Crippen molar-refractivity contribution in [3.63, 3.8) is 0 Å². The zero-order valence-corrected chi connectivity index (χ0v) is 17.2. The Labute approximate surface area is 170 Å². The number of carbonyl (C=O) groups excluding carboxylic acids is 1. The molecule has 0 unspecified atom stereocenters. The van der Waals surface area contributed by atoms with E-state index in [2.05, 4.69) is 43.0 Å². The molecule has 1 saturated carbocycles. The van der Waals surface area contributed by atoms with Gasteiger partial charge in [-0.25, -0.2) is 0 Å². The predicted molar refractivity (Wildman–Crippen MR) is 108 cm³/mol. The number of methoxy groups -OCH3 is 1. The number of hydrogen-bond donors (Lipinski definition) is 1. The second-order valence-corrected chi connectivity index (χ2v) is 8.46. The van der Waals surface area contributed by atoms with Gasteiger partial charge >= 0.3 is 6.61 Å². The molecular weight excluding hydrogens is 376 g/mol. The Morgan fingerprint density at radius 1 is 1.10 bits per heavy atom. The first-order valence-corrected chi connectivity index (χ1v) is 9.67. The Morgan fingerprint density at radius 2 is 1.76 bits per heavy atom. The molecule has 2 aromatic rings. The van der Waals surface area contributed by atoms with Gasteiger partial charge < -0.3 is 14.8 Å². The number of halogens is 2. The highest BCUT2D eigenvalue weighted by Crippen LogP contribution is 2.48. The van der Waals surface area contributed by atoms with Crippen LogP contribution in [0.2, 0.25) is 0 Å². The summed E-state index contributed by atoms with van der Waals surface area (Å²) in [6.45, 7) is 3.84. The summed E-state index contributed by atoms with van der Waals surface area (Å²) >= 11 is 0. The first-order valence-electron chi connectivity index (χ1n) is 9.67. The van der Waals surface area contributed by atoms with E-state index in [9.17, 15) is 13.6 Å². The Bertz CT molecular complexity index is 869. The molecule has 6 heteroatoms. The molecule has 0 atom stereocenters. The largest absolute Gasteiger partial charge is 0.493 e. The lowest BCUT2D eigenvalue weighted by molar-refractivity contribution is -0.123. The molecule has 1 aliphatic rings. The maximum absolute atomic E-state index is 12.9. The molecule has 1 amide bonds. The van der Waals surface area contributed by atoms with E-state index < -0.39 is 12.0 Å². The zero-order valence-electron chi connectivity index (χ0n) is 17.2. The molecule has 1 aliphatic carbocycles. The summed E-state index contributed by atoms with van der Waals surface area (Å²) in [5, 5.41) is 2.97. The summed E-state index contributed by atoms with van der Waals surface area (Å²) in [5.41, 5.74) is 2.60. The molecule has 1 fully saturated rings. The van der Waals surface area contributed by atoms with Crippen LogP contribution in [0, 0.1) is 0 Å². The monoisotopic (exact) mass is 403 g/mol. The van der Waals surface area contributed by atoms with Gasteiger partial charge in [-0.05, 0) is 47.1 Å². The third kappa shape index (κ3) is 4.69. The number of hydrogen-bond acceptors (Lipinski definition) is 3. The summed E-state index contributed by atoms with van der Waals surface area (Å²) in [6, 6.07) is 12.9. The number of rotatable bonds is 7. The van der Waals surface area contributed by atoms with Crippen LogP contribution in [-0.2, 0) is 22.2 Å². The lowest BCUT2D eigenvalue weighted by Crippen LogP contribution is -2.34. The third-order valence-electron chi connectivity index (χ3n) is 5.39. The second kappa shape index (κ2) is 8.01. The van der Waals surface area contributed by atoms with E-state index >= 15 is 0 Å². The van der Waals surface area contributed by atoms with E-state index in [1.807, 2.05) is 12.1 Å². The fourth-order valence-electron chi connectivity index (χ4n) is 3.43. The minimum atomic E-state index is -2.92. The van der Waals surface area contributed by atoms with Crippen molar-refractivity contribution in [3.8, 4) is 11.5 Å². The van der Waals surface area contributed by atoms with Crippen LogP contribution in [0.4, 0.5) is 8.78 Å². The third-order valence-corrected chi connectivity index (χ3v) is 5.39. The van der Waals surface area contributed by atoms with Crippen LogP contribution in [-0.4, -0.2) is 19.6 Å².